The van der Waals surface area contributed by atoms with Crippen LogP contribution < -0.4 is 9.47 Å². The lowest BCUT2D eigenvalue weighted by molar-refractivity contribution is -0.134. The number of carboxylic acids is 1. The van der Waals surface area contributed by atoms with E-state index < -0.39 is 14.3 Å². The number of ether oxygens (including phenoxy) is 2. The molecule has 286 valence electrons. The van der Waals surface area contributed by atoms with Gasteiger partial charge in [0.2, 0.25) is 0 Å². The molecule has 0 spiro atoms. The van der Waals surface area contributed by atoms with Crippen LogP contribution in [0.2, 0.25) is 18.1 Å². The first-order valence-electron chi connectivity index (χ1n) is 17.5. The Morgan fingerprint density at radius 2 is 1.19 bits per heavy atom. The van der Waals surface area contributed by atoms with Crippen molar-refractivity contribution in [2.75, 3.05) is 27.4 Å². The summed E-state index contributed by atoms with van der Waals surface area (Å²) in [6.45, 7) is 13.3. The first kappa shape index (κ1) is 45.0. The van der Waals surface area contributed by atoms with Gasteiger partial charge in [0.1, 0.15) is 11.5 Å². The number of nitrogens with zero attached hydrogens (tertiary/aromatic N) is 2. The third kappa shape index (κ3) is 14.0. The average Bonchev–Trinajstić information content (AvgIpc) is 3.72. The number of rotatable bonds is 16. The van der Waals surface area contributed by atoms with E-state index >= 15 is 0 Å². The molecular weight excluding hydrogens is 729 g/mol. The lowest BCUT2D eigenvalue weighted by Crippen LogP contribution is -2.41. The van der Waals surface area contributed by atoms with Gasteiger partial charge in [0.25, 0.3) is 5.97 Å². The number of fused-ring (bicyclic) bond motifs is 2. The second kappa shape index (κ2) is 21.6. The fraction of sp³-hybridized carbons (Fsp3) is 0.475. The van der Waals surface area contributed by atoms with E-state index in [0.717, 1.165) is 75.6 Å². The minimum absolute atomic E-state index is 0.00799. The summed E-state index contributed by atoms with van der Waals surface area (Å²) in [6.07, 6.45) is 4.28. The number of hydrogen-bond donors (Lipinski definition) is 2. The van der Waals surface area contributed by atoms with E-state index in [1.165, 1.54) is 22.7 Å². The van der Waals surface area contributed by atoms with Crippen molar-refractivity contribution >= 4 is 68.7 Å². The number of carbonyl (C=O) groups excluding carboxylic acids is 2. The van der Waals surface area contributed by atoms with E-state index in [1.54, 1.807) is 14.2 Å². The summed E-state index contributed by atoms with van der Waals surface area (Å²) in [5, 5.41) is 35.9. The Hall–Kier alpha value is -4.11. The first-order chi connectivity index (χ1) is 25.0. The van der Waals surface area contributed by atoms with Crippen molar-refractivity contribution in [2.24, 2.45) is 0 Å². The van der Waals surface area contributed by atoms with Gasteiger partial charge >= 0.3 is 0 Å². The van der Waals surface area contributed by atoms with Crippen molar-refractivity contribution in [3.63, 3.8) is 0 Å². The fourth-order valence-electron chi connectivity index (χ4n) is 4.94. The summed E-state index contributed by atoms with van der Waals surface area (Å²) in [4.78, 5) is 34.6. The number of carboxylic acid groups (broad SMARTS) is 1. The minimum atomic E-state index is -1.72. The zero-order valence-corrected chi connectivity index (χ0v) is 34.7. The van der Waals surface area contributed by atoms with Crippen molar-refractivity contribution in [3.05, 3.63) is 57.3 Å². The number of thiophene rings is 2. The maximum absolute atomic E-state index is 12.2. The van der Waals surface area contributed by atoms with Crippen LogP contribution in [0.3, 0.4) is 0 Å². The van der Waals surface area contributed by atoms with Crippen LogP contribution in [0, 0.1) is 22.7 Å². The molecule has 0 aliphatic heterocycles. The van der Waals surface area contributed by atoms with Crippen LogP contribution in [0.15, 0.2) is 36.4 Å². The Morgan fingerprint density at radius 3 is 1.55 bits per heavy atom. The third-order valence-electron chi connectivity index (χ3n) is 8.78. The Labute approximate surface area is 322 Å². The van der Waals surface area contributed by atoms with Crippen molar-refractivity contribution in [2.45, 2.75) is 97.2 Å². The molecule has 4 rings (SSSR count). The van der Waals surface area contributed by atoms with E-state index in [-0.39, 0.29) is 48.9 Å². The van der Waals surface area contributed by atoms with E-state index in [0.29, 0.717) is 16.2 Å². The maximum atomic E-state index is 12.2. The molecule has 2 heterocycles. The quantitative estimate of drug-likeness (QED) is 0.0635. The number of methoxy groups -OCH3 is 2. The number of ketones is 2. The summed E-state index contributed by atoms with van der Waals surface area (Å²) < 4.78 is 19.3. The maximum Gasteiger partial charge on any atom is 0.300 e. The lowest BCUT2D eigenvalue weighted by atomic mass is 10.1. The predicted molar refractivity (Wildman–Crippen MR) is 215 cm³/mol. The van der Waals surface area contributed by atoms with Crippen molar-refractivity contribution in [1.29, 1.82) is 10.5 Å². The number of aliphatic hydroxyl groups is 1. The number of hydrogen-bond acceptors (Lipinski definition) is 11. The standard InChI is InChI=1S/C22H31NO3SSi.C16H17NO3S.C2H4O2/c1-22(2,3)28(5,6)26-12-8-9-16-13-17-14-21(18(24)10-7-11-23)27-20(17)15-19(16)25-4;1-20-14-10-15-12(8-11(14)4-3-7-18)9-16(21-15)13(19)5-2-6-17;1-2(3)4/h13-15H,7-10,12H2,1-6H3;8-10,18H,2-5,7H2,1H3;1H3,(H,3,4). The molecule has 0 radical (unpaired) electrons. The molecule has 2 N–H and O–H groups in total. The summed E-state index contributed by atoms with van der Waals surface area (Å²) in [5.74, 6) is 0.853. The third-order valence-corrected chi connectivity index (χ3v) is 15.6. The molecule has 2 aromatic heterocycles. The number of benzene rings is 2. The topological polar surface area (TPSA) is 167 Å². The molecule has 0 amide bonds. The van der Waals surface area contributed by atoms with Gasteiger partial charge < -0.3 is 24.1 Å². The zero-order chi connectivity index (χ0) is 39.8. The van der Waals surface area contributed by atoms with Gasteiger partial charge in [-0.25, -0.2) is 0 Å². The normalized spacial score (nSPS) is 11.1. The molecule has 4 aromatic rings. The van der Waals surface area contributed by atoms with Crippen molar-refractivity contribution < 1.29 is 38.5 Å². The largest absolute Gasteiger partial charge is 0.496 e. The Balaban J connectivity index is 0.000000344. The number of aliphatic hydroxyl groups excluding tert-OH is 1. The first-order valence-corrected chi connectivity index (χ1v) is 22.0. The summed E-state index contributed by atoms with van der Waals surface area (Å²) in [7, 11) is 1.59. The molecule has 0 saturated heterocycles. The van der Waals surface area contributed by atoms with Gasteiger partial charge in [-0.15, -0.1) is 22.7 Å². The van der Waals surface area contributed by atoms with Crippen molar-refractivity contribution in [3.8, 4) is 23.6 Å². The number of aliphatic carboxylic acids is 1. The molecule has 0 unspecified atom stereocenters. The molecule has 0 fully saturated rings. The SMILES string of the molecule is CC(=O)O.COc1cc2sc(C(=O)CCC#N)cc2cc1CCCO.COc1cc2sc(C(=O)CCC#N)cc2cc1CCCO[Si](C)(C)C(C)(C)C. The van der Waals surface area contributed by atoms with Gasteiger partial charge in [-0.2, -0.15) is 10.5 Å². The highest BCUT2D eigenvalue weighted by atomic mass is 32.1. The fourth-order valence-corrected chi connectivity index (χ4v) is 8.11. The molecule has 0 saturated carbocycles. The number of aryl methyl sites for hydroxylation is 2. The second-order valence-electron chi connectivity index (χ2n) is 13.8. The highest BCUT2D eigenvalue weighted by Gasteiger charge is 2.36. The zero-order valence-electron chi connectivity index (χ0n) is 32.1. The minimum Gasteiger partial charge on any atom is -0.496 e. The highest BCUT2D eigenvalue weighted by molar-refractivity contribution is 7.21. The van der Waals surface area contributed by atoms with Crippen LogP contribution in [0.25, 0.3) is 20.2 Å². The molecule has 0 atom stereocenters. The summed E-state index contributed by atoms with van der Waals surface area (Å²) >= 11 is 2.90. The number of nitriles is 2. The molecule has 2 aromatic carbocycles. The van der Waals surface area contributed by atoms with Gasteiger partial charge in [0.05, 0.1) is 36.1 Å². The van der Waals surface area contributed by atoms with Crippen LogP contribution in [0.1, 0.15) is 96.7 Å². The van der Waals surface area contributed by atoms with Gasteiger partial charge in [-0.1, -0.05) is 20.8 Å². The van der Waals surface area contributed by atoms with Gasteiger partial charge in [-0.05, 0) is 102 Å². The van der Waals surface area contributed by atoms with Gasteiger partial charge in [-0.3, -0.25) is 14.4 Å². The van der Waals surface area contributed by atoms with Gasteiger partial charge in [0.15, 0.2) is 19.9 Å². The van der Waals surface area contributed by atoms with Gasteiger partial charge in [0, 0.05) is 55.2 Å². The lowest BCUT2D eigenvalue weighted by Gasteiger charge is -2.36. The van der Waals surface area contributed by atoms with Crippen LogP contribution in [0.5, 0.6) is 11.5 Å². The molecule has 0 bridgehead atoms. The average molecular weight is 781 g/mol. The molecule has 10 nitrogen and oxygen atoms in total. The Bertz CT molecular complexity index is 1920. The Morgan fingerprint density at radius 1 is 0.774 bits per heavy atom. The molecule has 0 aliphatic rings. The number of carbonyl (C=O) groups is 3. The predicted octanol–water partition coefficient (Wildman–Crippen LogP) is 9.76. The van der Waals surface area contributed by atoms with Crippen LogP contribution in [0.4, 0.5) is 0 Å². The molecular formula is C40H52N2O8S2Si. The second-order valence-corrected chi connectivity index (χ2v) is 20.8. The van der Waals surface area contributed by atoms with Crippen LogP contribution in [-0.2, 0) is 22.1 Å². The van der Waals surface area contributed by atoms with E-state index in [9.17, 15) is 9.59 Å². The van der Waals surface area contributed by atoms with Crippen LogP contribution >= 0.6 is 22.7 Å². The van der Waals surface area contributed by atoms with Crippen molar-refractivity contribution in [1.82, 2.24) is 0 Å². The highest BCUT2D eigenvalue weighted by Crippen LogP contribution is 2.37. The number of Topliss-reactive ketones (excluding diaryl/α,β-unsaturated/α-hetero) is 2. The monoisotopic (exact) mass is 780 g/mol. The molecule has 53 heavy (non-hydrogen) atoms. The Kier molecular flexibility index (Phi) is 18.3. The summed E-state index contributed by atoms with van der Waals surface area (Å²) in [6, 6.07) is 15.9. The summed E-state index contributed by atoms with van der Waals surface area (Å²) in [5.41, 5.74) is 2.18. The molecule has 13 heteroatoms. The molecule has 0 aliphatic carbocycles. The van der Waals surface area contributed by atoms with Crippen LogP contribution in [-0.4, -0.2) is 63.5 Å². The van der Waals surface area contributed by atoms with E-state index in [2.05, 4.69) is 39.9 Å². The smallest absolute Gasteiger partial charge is 0.300 e. The van der Waals surface area contributed by atoms with E-state index in [1.807, 2.05) is 42.5 Å². The van der Waals surface area contributed by atoms with E-state index in [4.69, 9.17) is 39.4 Å².